The number of rotatable bonds is 12. The van der Waals surface area contributed by atoms with Gasteiger partial charge in [-0.15, -0.1) is 0 Å². The smallest absolute Gasteiger partial charge is 0.326 e. The second kappa shape index (κ2) is 11.4. The Kier molecular flexibility index (Phi) is 10.4. The van der Waals surface area contributed by atoms with E-state index in [0.29, 0.717) is 19.4 Å². The number of amides is 2. The molecule has 8 N–H and O–H groups in total. The predicted octanol–water partition coefficient (Wildman–Crippen LogP) is -1.37. The molecule has 0 heterocycles. The first-order valence-electron chi connectivity index (χ1n) is 8.11. The van der Waals surface area contributed by atoms with E-state index in [9.17, 15) is 19.2 Å². The first-order valence-corrected chi connectivity index (χ1v) is 8.11. The standard InChI is InChI=1S/C15H28N4O6/c1-8(2)12(19-13(22)9(17)5-3-4-6-16)14(23)18-10(15(24)25)7-11(20)21/h8-10,12H,3-7,16-17H2,1-2H3,(H,18,23)(H,19,22)(H,20,21)(H,24,25). The van der Waals surface area contributed by atoms with Crippen LogP contribution in [-0.2, 0) is 19.2 Å². The summed E-state index contributed by atoms with van der Waals surface area (Å²) in [6, 6.07) is -3.42. The summed E-state index contributed by atoms with van der Waals surface area (Å²) >= 11 is 0. The molecule has 0 spiro atoms. The fourth-order valence-corrected chi connectivity index (χ4v) is 2.07. The molecule has 3 unspecified atom stereocenters. The number of carboxylic acids is 2. The summed E-state index contributed by atoms with van der Waals surface area (Å²) in [5.74, 6) is -4.48. The molecule has 0 aromatic carbocycles. The molecule has 0 saturated carbocycles. The molecule has 0 aliphatic heterocycles. The summed E-state index contributed by atoms with van der Waals surface area (Å²) in [6.07, 6.45) is 1.04. The van der Waals surface area contributed by atoms with Crippen molar-refractivity contribution in [3.63, 3.8) is 0 Å². The van der Waals surface area contributed by atoms with Gasteiger partial charge >= 0.3 is 11.9 Å². The Labute approximate surface area is 146 Å². The van der Waals surface area contributed by atoms with E-state index in [0.717, 1.165) is 6.42 Å². The largest absolute Gasteiger partial charge is 0.481 e. The molecular formula is C15H28N4O6. The van der Waals surface area contributed by atoms with E-state index in [1.165, 1.54) is 0 Å². The van der Waals surface area contributed by atoms with E-state index in [2.05, 4.69) is 10.6 Å². The lowest BCUT2D eigenvalue weighted by Crippen LogP contribution is -2.56. The number of carbonyl (C=O) groups is 4. The number of unbranched alkanes of at least 4 members (excludes halogenated alkanes) is 1. The molecule has 0 bridgehead atoms. The van der Waals surface area contributed by atoms with Gasteiger partial charge in [0.25, 0.3) is 0 Å². The molecule has 144 valence electrons. The van der Waals surface area contributed by atoms with Crippen LogP contribution in [0.4, 0.5) is 0 Å². The highest BCUT2D eigenvalue weighted by atomic mass is 16.4. The third-order valence-corrected chi connectivity index (χ3v) is 3.55. The second-order valence-electron chi connectivity index (χ2n) is 6.12. The van der Waals surface area contributed by atoms with E-state index < -0.39 is 48.3 Å². The van der Waals surface area contributed by atoms with Crippen molar-refractivity contribution in [2.75, 3.05) is 6.54 Å². The average Bonchev–Trinajstić information content (AvgIpc) is 2.50. The van der Waals surface area contributed by atoms with Crippen LogP contribution in [0.25, 0.3) is 0 Å². The Morgan fingerprint density at radius 2 is 1.60 bits per heavy atom. The molecular weight excluding hydrogens is 332 g/mol. The number of hydrogen-bond acceptors (Lipinski definition) is 6. The molecule has 3 atom stereocenters. The van der Waals surface area contributed by atoms with Gasteiger partial charge in [-0.3, -0.25) is 14.4 Å². The van der Waals surface area contributed by atoms with E-state index in [1.54, 1.807) is 13.8 Å². The first kappa shape index (κ1) is 22.8. The maximum Gasteiger partial charge on any atom is 0.326 e. The van der Waals surface area contributed by atoms with Crippen molar-refractivity contribution in [3.05, 3.63) is 0 Å². The van der Waals surface area contributed by atoms with Crippen molar-refractivity contribution in [1.82, 2.24) is 10.6 Å². The maximum absolute atomic E-state index is 12.3. The highest BCUT2D eigenvalue weighted by Crippen LogP contribution is 2.06. The zero-order chi connectivity index (χ0) is 19.6. The maximum atomic E-state index is 12.3. The minimum absolute atomic E-state index is 0.348. The Morgan fingerprint density at radius 3 is 2.04 bits per heavy atom. The lowest BCUT2D eigenvalue weighted by atomic mass is 10.0. The number of carbonyl (C=O) groups excluding carboxylic acids is 2. The van der Waals surface area contributed by atoms with Crippen LogP contribution in [0.1, 0.15) is 39.5 Å². The van der Waals surface area contributed by atoms with Crippen LogP contribution in [0, 0.1) is 5.92 Å². The van der Waals surface area contributed by atoms with Crippen molar-refractivity contribution >= 4 is 23.8 Å². The normalized spacial score (nSPS) is 14.4. The van der Waals surface area contributed by atoms with Crippen LogP contribution in [0.5, 0.6) is 0 Å². The highest BCUT2D eigenvalue weighted by Gasteiger charge is 2.30. The van der Waals surface area contributed by atoms with Gasteiger partial charge in [0.05, 0.1) is 12.5 Å². The minimum Gasteiger partial charge on any atom is -0.481 e. The minimum atomic E-state index is -1.58. The van der Waals surface area contributed by atoms with Gasteiger partial charge in [-0.05, 0) is 25.3 Å². The number of nitrogens with two attached hydrogens (primary N) is 2. The third-order valence-electron chi connectivity index (χ3n) is 3.55. The van der Waals surface area contributed by atoms with Crippen LogP contribution in [0.15, 0.2) is 0 Å². The van der Waals surface area contributed by atoms with Gasteiger partial charge in [0.15, 0.2) is 0 Å². The molecule has 25 heavy (non-hydrogen) atoms. The fraction of sp³-hybridized carbons (Fsp3) is 0.733. The van der Waals surface area contributed by atoms with E-state index in [-0.39, 0.29) is 5.92 Å². The molecule has 0 radical (unpaired) electrons. The quantitative estimate of drug-likeness (QED) is 0.230. The van der Waals surface area contributed by atoms with Crippen LogP contribution in [0.3, 0.4) is 0 Å². The monoisotopic (exact) mass is 360 g/mol. The molecule has 10 heteroatoms. The molecule has 0 fully saturated rings. The zero-order valence-corrected chi connectivity index (χ0v) is 14.5. The van der Waals surface area contributed by atoms with Crippen molar-refractivity contribution in [2.45, 2.75) is 57.7 Å². The summed E-state index contributed by atoms with van der Waals surface area (Å²) < 4.78 is 0. The van der Waals surface area contributed by atoms with E-state index in [4.69, 9.17) is 21.7 Å². The van der Waals surface area contributed by atoms with Gasteiger partial charge in [0, 0.05) is 0 Å². The summed E-state index contributed by atoms with van der Waals surface area (Å²) in [5, 5.41) is 22.3. The molecule has 10 nitrogen and oxygen atoms in total. The summed E-state index contributed by atoms with van der Waals surface area (Å²) in [4.78, 5) is 46.1. The predicted molar refractivity (Wildman–Crippen MR) is 89.5 cm³/mol. The van der Waals surface area contributed by atoms with Crippen LogP contribution < -0.4 is 22.1 Å². The molecule has 0 rings (SSSR count). The van der Waals surface area contributed by atoms with Crippen molar-refractivity contribution in [1.29, 1.82) is 0 Å². The van der Waals surface area contributed by atoms with E-state index >= 15 is 0 Å². The van der Waals surface area contributed by atoms with Gasteiger partial charge in [-0.25, -0.2) is 4.79 Å². The van der Waals surface area contributed by atoms with Gasteiger partial charge in [-0.2, -0.15) is 0 Å². The topological polar surface area (TPSA) is 185 Å². The third kappa shape index (κ3) is 9.01. The molecule has 0 aliphatic carbocycles. The van der Waals surface area contributed by atoms with Crippen molar-refractivity contribution < 1.29 is 29.4 Å². The zero-order valence-electron chi connectivity index (χ0n) is 14.5. The Bertz CT molecular complexity index is 483. The van der Waals surface area contributed by atoms with Gasteiger partial charge in [0.2, 0.25) is 11.8 Å². The van der Waals surface area contributed by atoms with E-state index in [1.807, 2.05) is 0 Å². The lowest BCUT2D eigenvalue weighted by Gasteiger charge is -2.25. The van der Waals surface area contributed by atoms with Gasteiger partial charge in [-0.1, -0.05) is 20.3 Å². The molecule has 0 aromatic rings. The first-order chi connectivity index (χ1) is 11.6. The summed E-state index contributed by atoms with van der Waals surface area (Å²) in [5.41, 5.74) is 11.1. The Hall–Kier alpha value is -2.20. The lowest BCUT2D eigenvalue weighted by molar-refractivity contribution is -0.147. The van der Waals surface area contributed by atoms with Crippen LogP contribution in [-0.4, -0.2) is 58.6 Å². The Morgan fingerprint density at radius 1 is 1.00 bits per heavy atom. The van der Waals surface area contributed by atoms with Gasteiger partial charge in [0.1, 0.15) is 12.1 Å². The summed E-state index contributed by atoms with van der Waals surface area (Å²) in [7, 11) is 0. The summed E-state index contributed by atoms with van der Waals surface area (Å²) in [6.45, 7) is 3.82. The van der Waals surface area contributed by atoms with Crippen LogP contribution in [0.2, 0.25) is 0 Å². The number of hydrogen-bond donors (Lipinski definition) is 6. The van der Waals surface area contributed by atoms with Crippen molar-refractivity contribution in [3.8, 4) is 0 Å². The van der Waals surface area contributed by atoms with Gasteiger partial charge < -0.3 is 32.3 Å². The SMILES string of the molecule is CC(C)C(NC(=O)C(N)CCCCN)C(=O)NC(CC(=O)O)C(=O)O. The molecule has 0 aromatic heterocycles. The second-order valence-corrected chi connectivity index (χ2v) is 6.12. The fourth-order valence-electron chi connectivity index (χ4n) is 2.07. The Balaban J connectivity index is 4.86. The van der Waals surface area contributed by atoms with Crippen molar-refractivity contribution in [2.24, 2.45) is 17.4 Å². The number of carboxylic acid groups (broad SMARTS) is 2. The van der Waals surface area contributed by atoms with Crippen LogP contribution >= 0.6 is 0 Å². The number of aliphatic carboxylic acids is 2. The highest BCUT2D eigenvalue weighted by molar-refractivity contribution is 5.92. The average molecular weight is 360 g/mol. The molecule has 0 aliphatic rings. The number of nitrogens with one attached hydrogen (secondary N) is 2. The molecule has 0 saturated heterocycles. The molecule has 2 amide bonds.